The maximum atomic E-state index is 15.0. The third-order valence-electron chi connectivity index (χ3n) is 9.87. The fourth-order valence-electron chi connectivity index (χ4n) is 6.81. The van der Waals surface area contributed by atoms with E-state index in [1.54, 1.807) is 14.1 Å². The lowest BCUT2D eigenvalue weighted by atomic mass is 10.3. The van der Waals surface area contributed by atoms with E-state index in [1.165, 1.54) is 79.6 Å². The maximum absolute atomic E-state index is 15.0. The van der Waals surface area contributed by atoms with Crippen LogP contribution in [0.3, 0.4) is 0 Å². The number of rotatable bonds is 14. The number of nitrogen functional groups attached to an aromatic ring is 2. The van der Waals surface area contributed by atoms with Crippen LogP contribution >= 0.6 is 15.3 Å². The van der Waals surface area contributed by atoms with Gasteiger partial charge in [0.25, 0.3) is 5.56 Å². The third kappa shape index (κ3) is 9.83. The molecule has 59 heavy (non-hydrogen) atoms. The molecular formula is C32H51N13O12P2. The van der Waals surface area contributed by atoms with Crippen molar-refractivity contribution in [2.45, 2.75) is 43.9 Å². The van der Waals surface area contributed by atoms with Crippen molar-refractivity contribution in [2.75, 3.05) is 98.7 Å². The van der Waals surface area contributed by atoms with Gasteiger partial charge in [0.05, 0.1) is 51.2 Å². The first-order valence-electron chi connectivity index (χ1n) is 18.6. The van der Waals surface area contributed by atoms with E-state index >= 15 is 4.57 Å². The van der Waals surface area contributed by atoms with Gasteiger partial charge in [0.2, 0.25) is 0 Å². The topological polar surface area (TPSA) is 302 Å². The number of nitrogens with one attached hydrogen (secondary N) is 2. The predicted molar refractivity (Wildman–Crippen MR) is 211 cm³/mol. The average molecular weight is 872 g/mol. The summed E-state index contributed by atoms with van der Waals surface area (Å²) in [7, 11) is -1.79. The molecule has 7 N–H and O–H groups in total. The lowest BCUT2D eigenvalue weighted by Crippen LogP contribution is -2.51. The molecule has 25 nitrogen and oxygen atoms in total. The molecule has 3 aliphatic heterocycles. The molecule has 3 aliphatic rings. The first-order valence-corrected chi connectivity index (χ1v) is 21.6. The van der Waals surface area contributed by atoms with Gasteiger partial charge in [-0.25, -0.2) is 33.1 Å². The van der Waals surface area contributed by atoms with Crippen molar-refractivity contribution in [2.24, 2.45) is 0 Å². The number of hydrogen-bond acceptors (Lipinski definition) is 17. The van der Waals surface area contributed by atoms with E-state index in [0.29, 0.717) is 6.54 Å². The van der Waals surface area contributed by atoms with E-state index in [0.717, 1.165) is 4.57 Å². The second-order valence-electron chi connectivity index (χ2n) is 14.6. The van der Waals surface area contributed by atoms with Gasteiger partial charge in [-0.3, -0.25) is 32.6 Å². The molecule has 3 aromatic heterocycles. The first kappa shape index (κ1) is 44.6. The van der Waals surface area contributed by atoms with Crippen LogP contribution in [0.5, 0.6) is 0 Å². The highest BCUT2D eigenvalue weighted by molar-refractivity contribution is 7.54. The van der Waals surface area contributed by atoms with Crippen molar-refractivity contribution >= 4 is 27.0 Å². The van der Waals surface area contributed by atoms with Gasteiger partial charge in [-0.2, -0.15) is 9.97 Å². The number of aliphatic hydroxyl groups is 1. The zero-order valence-corrected chi connectivity index (χ0v) is 35.0. The predicted octanol–water partition coefficient (Wildman–Crippen LogP) is -2.23. The summed E-state index contributed by atoms with van der Waals surface area (Å²) in [5, 5.41) is 13.3. The van der Waals surface area contributed by atoms with Gasteiger partial charge in [-0.15, -0.1) is 0 Å². The zero-order chi connectivity index (χ0) is 42.8. The molecule has 0 aromatic carbocycles. The molecule has 0 amide bonds. The number of ether oxygens (including phenoxy) is 3. The molecule has 0 aliphatic carbocycles. The molecule has 3 aromatic rings. The van der Waals surface area contributed by atoms with E-state index in [-0.39, 0.29) is 63.1 Å². The molecule has 6 rings (SSSR count). The SMILES string of the molecule is Cc1cn(C2CN(P(=O)(OCC3CNCC(n4ccc(N)nc4=O)O3)N(C)C)CC(COP(=O)(N(C)C)N3CC(CO)OC(n4ccc(N)nc4=O)C3)O2)c(=O)[nH]c1=O. The Morgan fingerprint density at radius 3 is 1.80 bits per heavy atom. The van der Waals surface area contributed by atoms with Gasteiger partial charge in [0.15, 0.2) is 18.7 Å². The average Bonchev–Trinajstić information content (AvgIpc) is 3.20. The molecule has 8 atom stereocenters. The van der Waals surface area contributed by atoms with Crippen LogP contribution in [0, 0.1) is 6.92 Å². The molecule has 6 heterocycles. The van der Waals surface area contributed by atoms with Crippen LogP contribution in [-0.4, -0.2) is 158 Å². The number of morpholine rings is 3. The number of nitrogens with zero attached hydrogens (tertiary/aromatic N) is 9. The van der Waals surface area contributed by atoms with Crippen LogP contribution < -0.4 is 39.4 Å². The Bertz CT molecular complexity index is 2300. The number of aryl methyl sites for hydroxylation is 1. The van der Waals surface area contributed by atoms with Gasteiger partial charge in [0, 0.05) is 50.3 Å². The van der Waals surface area contributed by atoms with Crippen molar-refractivity contribution in [3.63, 3.8) is 0 Å². The summed E-state index contributed by atoms with van der Waals surface area (Å²) >= 11 is 0. The summed E-state index contributed by atoms with van der Waals surface area (Å²) in [6.45, 7) is 0.656. The van der Waals surface area contributed by atoms with Crippen molar-refractivity contribution in [1.82, 2.24) is 52.7 Å². The van der Waals surface area contributed by atoms with Gasteiger partial charge in [-0.1, -0.05) is 0 Å². The summed E-state index contributed by atoms with van der Waals surface area (Å²) in [6.07, 6.45) is -1.29. The summed E-state index contributed by atoms with van der Waals surface area (Å²) in [5.74, 6) is 0.0646. The molecular weight excluding hydrogens is 820 g/mol. The fourth-order valence-corrected chi connectivity index (χ4v) is 10.8. The number of aliphatic hydroxyl groups excluding tert-OH is 1. The Hall–Kier alpha value is -3.94. The summed E-state index contributed by atoms with van der Waals surface area (Å²) < 4.78 is 70.1. The second kappa shape index (κ2) is 18.4. The molecule has 0 saturated carbocycles. The van der Waals surface area contributed by atoms with Crippen LogP contribution in [0.2, 0.25) is 0 Å². The Morgan fingerprint density at radius 1 is 0.763 bits per heavy atom. The largest absolute Gasteiger partial charge is 0.394 e. The molecule has 3 fully saturated rings. The van der Waals surface area contributed by atoms with Crippen LogP contribution in [0.4, 0.5) is 11.6 Å². The van der Waals surface area contributed by atoms with E-state index in [1.807, 2.05) is 0 Å². The van der Waals surface area contributed by atoms with Crippen molar-refractivity contribution < 1.29 is 37.5 Å². The lowest BCUT2D eigenvalue weighted by molar-refractivity contribution is -0.130. The minimum Gasteiger partial charge on any atom is -0.394 e. The zero-order valence-electron chi connectivity index (χ0n) is 33.2. The molecule has 0 radical (unpaired) electrons. The maximum Gasteiger partial charge on any atom is 0.351 e. The summed E-state index contributed by atoms with van der Waals surface area (Å²) in [5.41, 5.74) is 8.85. The highest BCUT2D eigenvalue weighted by Gasteiger charge is 2.46. The van der Waals surface area contributed by atoms with E-state index < -0.39 is 81.6 Å². The van der Waals surface area contributed by atoms with E-state index in [9.17, 15) is 28.8 Å². The molecule has 0 spiro atoms. The minimum absolute atomic E-state index is 0.00126. The number of aromatic nitrogens is 6. The minimum atomic E-state index is -4.00. The van der Waals surface area contributed by atoms with Gasteiger partial charge in [0.1, 0.15) is 11.6 Å². The third-order valence-corrected chi connectivity index (χ3v) is 14.9. The van der Waals surface area contributed by atoms with E-state index in [2.05, 4.69) is 20.3 Å². The molecule has 27 heteroatoms. The number of nitrogens with two attached hydrogens (primary N) is 2. The van der Waals surface area contributed by atoms with Crippen molar-refractivity contribution in [1.29, 1.82) is 0 Å². The van der Waals surface area contributed by atoms with Crippen molar-refractivity contribution in [3.8, 4) is 0 Å². The molecule has 326 valence electrons. The highest BCUT2D eigenvalue weighted by Crippen LogP contribution is 2.56. The van der Waals surface area contributed by atoms with Crippen molar-refractivity contribution in [3.05, 3.63) is 78.1 Å². The summed E-state index contributed by atoms with van der Waals surface area (Å²) in [4.78, 5) is 60.5. The van der Waals surface area contributed by atoms with Crippen LogP contribution in [-0.2, 0) is 32.4 Å². The molecule has 3 saturated heterocycles. The Balaban J connectivity index is 1.25. The molecule has 0 bridgehead atoms. The lowest BCUT2D eigenvalue weighted by Gasteiger charge is -2.45. The van der Waals surface area contributed by atoms with Gasteiger partial charge >= 0.3 is 32.4 Å². The molecule has 8 unspecified atom stereocenters. The number of aromatic amines is 1. The Labute approximate surface area is 337 Å². The number of anilines is 2. The quantitative estimate of drug-likeness (QED) is 0.107. The standard InChI is InChI=1S/C32H51N13O12P2/c1-20-12-45(32(50)38-29(20)47)28-16-42(59(52,40(4)5)53-18-21-10-35-11-26(55-21)43-8-6-24(33)36-30(43)48)14-23(57-28)19-54-58(51,39(2)3)41-13-22(17-46)56-27(15-41)44-9-7-25(34)37-31(44)49/h6-9,12,21-23,26-28,35,46H,10-11,13-19H2,1-5H3,(H2,33,36,48)(H2,34,37,49)(H,38,47,50). The van der Waals surface area contributed by atoms with Crippen LogP contribution in [0.15, 0.2) is 49.9 Å². The monoisotopic (exact) mass is 871 g/mol. The number of hydrogen-bond donors (Lipinski definition) is 5. The number of H-pyrrole nitrogens is 1. The Kier molecular flexibility index (Phi) is 13.9. The van der Waals surface area contributed by atoms with Crippen LogP contribution in [0.1, 0.15) is 24.2 Å². The first-order chi connectivity index (χ1) is 27.9. The Morgan fingerprint density at radius 2 is 1.25 bits per heavy atom. The smallest absolute Gasteiger partial charge is 0.351 e. The summed E-state index contributed by atoms with van der Waals surface area (Å²) in [6, 6.07) is 2.88. The van der Waals surface area contributed by atoms with Gasteiger partial charge in [-0.05, 0) is 47.2 Å². The highest BCUT2D eigenvalue weighted by atomic mass is 31.2. The van der Waals surface area contributed by atoms with Gasteiger partial charge < -0.3 is 45.1 Å². The normalized spacial score (nSPS) is 26.8. The van der Waals surface area contributed by atoms with Crippen LogP contribution in [0.25, 0.3) is 0 Å². The van der Waals surface area contributed by atoms with E-state index in [4.69, 9.17) is 34.7 Å². The fraction of sp³-hybridized carbons (Fsp3) is 0.625. The second-order valence-corrected chi connectivity index (χ2v) is 19.8.